The van der Waals surface area contributed by atoms with E-state index in [1.807, 2.05) is 31.2 Å². The summed E-state index contributed by atoms with van der Waals surface area (Å²) in [4.78, 5) is 12.4. The summed E-state index contributed by atoms with van der Waals surface area (Å²) in [6.45, 7) is 2.85. The van der Waals surface area contributed by atoms with Crippen molar-refractivity contribution in [3.05, 3.63) is 56.5 Å². The van der Waals surface area contributed by atoms with Crippen molar-refractivity contribution in [2.24, 2.45) is 0 Å². The van der Waals surface area contributed by atoms with Gasteiger partial charge in [-0.25, -0.2) is 0 Å². The summed E-state index contributed by atoms with van der Waals surface area (Å²) in [6.07, 6.45) is 1.01. The highest BCUT2D eigenvalue weighted by atomic mass is 79.9. The summed E-state index contributed by atoms with van der Waals surface area (Å²) in [5.41, 5.74) is 4.56. The molecule has 0 aromatic heterocycles. The Kier molecular flexibility index (Phi) is 3.91. The molecule has 5 heteroatoms. The van der Waals surface area contributed by atoms with E-state index in [0.717, 1.165) is 28.7 Å². The number of rotatable bonds is 2. The van der Waals surface area contributed by atoms with Crippen LogP contribution in [0, 0.1) is 6.92 Å². The van der Waals surface area contributed by atoms with Crippen LogP contribution in [0.1, 0.15) is 21.5 Å². The van der Waals surface area contributed by atoms with Crippen LogP contribution in [0.25, 0.3) is 0 Å². The SMILES string of the molecule is Cc1cc(Br)c(NC(=O)c2ccc3c(c2)NCC3)cc1Cl. The average Bonchev–Trinajstić information content (AvgIpc) is 2.92. The molecule has 21 heavy (non-hydrogen) atoms. The van der Waals surface area contributed by atoms with Crippen LogP contribution in [-0.4, -0.2) is 12.5 Å². The molecule has 0 fully saturated rings. The predicted molar refractivity (Wildman–Crippen MR) is 90.5 cm³/mol. The molecule has 0 saturated carbocycles. The first-order valence-corrected chi connectivity index (χ1v) is 7.85. The molecule has 1 aliphatic heterocycles. The molecule has 0 spiro atoms. The van der Waals surface area contributed by atoms with Crippen LogP contribution in [0.2, 0.25) is 5.02 Å². The first kappa shape index (κ1) is 14.4. The topological polar surface area (TPSA) is 41.1 Å². The van der Waals surface area contributed by atoms with E-state index >= 15 is 0 Å². The first-order chi connectivity index (χ1) is 10.0. The summed E-state index contributed by atoms with van der Waals surface area (Å²) in [5, 5.41) is 6.79. The lowest BCUT2D eigenvalue weighted by Gasteiger charge is -2.10. The second kappa shape index (κ2) is 5.70. The number of anilines is 2. The largest absolute Gasteiger partial charge is 0.384 e. The van der Waals surface area contributed by atoms with Crippen molar-refractivity contribution in [3.63, 3.8) is 0 Å². The minimum absolute atomic E-state index is 0.146. The van der Waals surface area contributed by atoms with Crippen LogP contribution in [0.4, 0.5) is 11.4 Å². The number of nitrogens with one attached hydrogen (secondary N) is 2. The monoisotopic (exact) mass is 364 g/mol. The Morgan fingerprint density at radius 1 is 1.33 bits per heavy atom. The number of hydrogen-bond acceptors (Lipinski definition) is 2. The molecular formula is C16H14BrClN2O. The number of carbonyl (C=O) groups excluding carboxylic acids is 1. The van der Waals surface area contributed by atoms with Gasteiger partial charge in [0.15, 0.2) is 0 Å². The van der Waals surface area contributed by atoms with Crippen LogP contribution < -0.4 is 10.6 Å². The summed E-state index contributed by atoms with van der Waals surface area (Å²) >= 11 is 9.56. The molecule has 0 radical (unpaired) electrons. The van der Waals surface area contributed by atoms with E-state index in [0.29, 0.717) is 16.3 Å². The Labute approximate surface area is 136 Å². The molecular weight excluding hydrogens is 352 g/mol. The molecule has 0 saturated heterocycles. The maximum absolute atomic E-state index is 12.4. The number of amides is 1. The summed E-state index contributed by atoms with van der Waals surface area (Å²) < 4.78 is 0.817. The highest BCUT2D eigenvalue weighted by molar-refractivity contribution is 9.10. The van der Waals surface area contributed by atoms with E-state index in [1.165, 1.54) is 5.56 Å². The number of carbonyl (C=O) groups is 1. The molecule has 3 nitrogen and oxygen atoms in total. The quantitative estimate of drug-likeness (QED) is 0.814. The second-order valence-electron chi connectivity index (χ2n) is 5.08. The number of fused-ring (bicyclic) bond motifs is 1. The average molecular weight is 366 g/mol. The third kappa shape index (κ3) is 2.92. The van der Waals surface area contributed by atoms with E-state index in [2.05, 4.69) is 26.6 Å². The Morgan fingerprint density at radius 2 is 2.14 bits per heavy atom. The molecule has 0 unspecified atom stereocenters. The van der Waals surface area contributed by atoms with Crippen molar-refractivity contribution in [3.8, 4) is 0 Å². The molecule has 2 aromatic carbocycles. The van der Waals surface area contributed by atoms with Gasteiger partial charge in [0.05, 0.1) is 5.69 Å². The summed E-state index contributed by atoms with van der Waals surface area (Å²) in [6, 6.07) is 9.39. The molecule has 0 atom stereocenters. The van der Waals surface area contributed by atoms with E-state index in [1.54, 1.807) is 6.07 Å². The van der Waals surface area contributed by atoms with Gasteiger partial charge in [-0.15, -0.1) is 0 Å². The van der Waals surface area contributed by atoms with Gasteiger partial charge < -0.3 is 10.6 Å². The molecule has 0 aliphatic carbocycles. The van der Waals surface area contributed by atoms with Crippen molar-refractivity contribution in [1.82, 2.24) is 0 Å². The van der Waals surface area contributed by atoms with E-state index < -0.39 is 0 Å². The fraction of sp³-hybridized carbons (Fsp3) is 0.188. The Bertz CT molecular complexity index is 730. The predicted octanol–water partition coefficient (Wildman–Crippen LogP) is 4.63. The van der Waals surface area contributed by atoms with Gasteiger partial charge in [-0.1, -0.05) is 17.7 Å². The van der Waals surface area contributed by atoms with E-state index in [4.69, 9.17) is 11.6 Å². The molecule has 3 rings (SSSR count). The van der Waals surface area contributed by atoms with Gasteiger partial charge in [0.2, 0.25) is 0 Å². The fourth-order valence-electron chi connectivity index (χ4n) is 2.37. The van der Waals surface area contributed by atoms with Crippen molar-refractivity contribution < 1.29 is 4.79 Å². The third-order valence-corrected chi connectivity index (χ3v) is 4.64. The highest BCUT2D eigenvalue weighted by Crippen LogP contribution is 2.30. The van der Waals surface area contributed by atoms with Gasteiger partial charge >= 0.3 is 0 Å². The fourth-order valence-corrected chi connectivity index (χ4v) is 3.09. The Morgan fingerprint density at radius 3 is 2.95 bits per heavy atom. The van der Waals surface area contributed by atoms with Crippen LogP contribution in [0.5, 0.6) is 0 Å². The van der Waals surface area contributed by atoms with Crippen molar-refractivity contribution >= 4 is 44.8 Å². The minimum Gasteiger partial charge on any atom is -0.384 e. The Balaban J connectivity index is 1.85. The molecule has 1 amide bonds. The standard InChI is InChI=1S/C16H14BrClN2O/c1-9-6-12(17)15(8-13(9)18)20-16(21)11-3-2-10-4-5-19-14(10)7-11/h2-3,6-8,19H,4-5H2,1H3,(H,20,21). The molecule has 0 bridgehead atoms. The number of halogens is 2. The molecule has 108 valence electrons. The zero-order valence-corrected chi connectivity index (χ0v) is 13.8. The first-order valence-electron chi connectivity index (χ1n) is 6.68. The van der Waals surface area contributed by atoms with E-state index in [-0.39, 0.29) is 5.91 Å². The number of hydrogen-bond donors (Lipinski definition) is 2. The summed E-state index contributed by atoms with van der Waals surface area (Å²) in [7, 11) is 0. The van der Waals surface area contributed by atoms with Gasteiger partial charge in [-0.2, -0.15) is 0 Å². The Hall–Kier alpha value is -1.52. The molecule has 2 aromatic rings. The van der Waals surface area contributed by atoms with Crippen molar-refractivity contribution in [1.29, 1.82) is 0 Å². The van der Waals surface area contributed by atoms with Crippen LogP contribution in [-0.2, 0) is 6.42 Å². The second-order valence-corrected chi connectivity index (χ2v) is 6.35. The van der Waals surface area contributed by atoms with Crippen LogP contribution in [0.3, 0.4) is 0 Å². The van der Waals surface area contributed by atoms with Gasteiger partial charge in [0.25, 0.3) is 5.91 Å². The number of aryl methyl sites for hydroxylation is 1. The zero-order valence-electron chi connectivity index (χ0n) is 11.5. The smallest absolute Gasteiger partial charge is 0.255 e. The normalized spacial score (nSPS) is 12.7. The summed E-state index contributed by atoms with van der Waals surface area (Å²) in [5.74, 6) is -0.146. The van der Waals surface area contributed by atoms with Gasteiger partial charge in [0.1, 0.15) is 0 Å². The highest BCUT2D eigenvalue weighted by Gasteiger charge is 2.14. The van der Waals surface area contributed by atoms with E-state index in [9.17, 15) is 4.79 Å². The molecule has 1 aliphatic rings. The lowest BCUT2D eigenvalue weighted by molar-refractivity contribution is 0.102. The molecule has 1 heterocycles. The van der Waals surface area contributed by atoms with Crippen LogP contribution >= 0.6 is 27.5 Å². The number of benzene rings is 2. The van der Waals surface area contributed by atoms with Gasteiger partial charge in [-0.05, 0) is 64.7 Å². The minimum atomic E-state index is -0.146. The molecule has 2 N–H and O–H groups in total. The lowest BCUT2D eigenvalue weighted by Crippen LogP contribution is -2.12. The van der Waals surface area contributed by atoms with Crippen LogP contribution in [0.15, 0.2) is 34.8 Å². The van der Waals surface area contributed by atoms with Crippen molar-refractivity contribution in [2.45, 2.75) is 13.3 Å². The third-order valence-electron chi connectivity index (χ3n) is 3.58. The maximum Gasteiger partial charge on any atom is 0.255 e. The van der Waals surface area contributed by atoms with Crippen molar-refractivity contribution in [2.75, 3.05) is 17.2 Å². The maximum atomic E-state index is 12.4. The lowest BCUT2D eigenvalue weighted by atomic mass is 10.1. The van der Waals surface area contributed by atoms with Gasteiger partial charge in [0, 0.05) is 27.3 Å². The van der Waals surface area contributed by atoms with Gasteiger partial charge in [-0.3, -0.25) is 4.79 Å². The zero-order chi connectivity index (χ0) is 15.0.